The highest BCUT2D eigenvalue weighted by molar-refractivity contribution is 5.94. The number of aryl methyl sites for hydroxylation is 1. The number of carboxylic acids is 1. The minimum absolute atomic E-state index is 0.105. The van der Waals surface area contributed by atoms with Crippen LogP contribution >= 0.6 is 0 Å². The van der Waals surface area contributed by atoms with E-state index in [1.807, 2.05) is 12.1 Å². The lowest BCUT2D eigenvalue weighted by atomic mass is 10.0. The summed E-state index contributed by atoms with van der Waals surface area (Å²) in [6.45, 7) is 0. The van der Waals surface area contributed by atoms with Gasteiger partial charge in [-0.15, -0.1) is 0 Å². The highest BCUT2D eigenvalue weighted by Gasteiger charge is 2.10. The number of hydrogen-bond acceptors (Lipinski definition) is 4. The molecule has 0 saturated carbocycles. The first-order valence-corrected chi connectivity index (χ1v) is 6.36. The molecule has 0 atom stereocenters. The normalized spacial score (nSPS) is 10.7. The Bertz CT molecular complexity index is 896. The highest BCUT2D eigenvalue weighted by Crippen LogP contribution is 2.24. The highest BCUT2D eigenvalue weighted by atomic mass is 16.4. The molecule has 0 bridgehead atoms. The quantitative estimate of drug-likeness (QED) is 0.700. The van der Waals surface area contributed by atoms with Gasteiger partial charge in [-0.25, -0.2) is 4.68 Å². The molecule has 3 aromatic rings. The third kappa shape index (κ3) is 2.18. The van der Waals surface area contributed by atoms with Crippen LogP contribution in [0.2, 0.25) is 0 Å². The van der Waals surface area contributed by atoms with Gasteiger partial charge < -0.3 is 9.90 Å². The van der Waals surface area contributed by atoms with Crippen molar-refractivity contribution in [2.24, 2.45) is 7.05 Å². The predicted molar refractivity (Wildman–Crippen MR) is 76.8 cm³/mol. The number of nitrogens with zero attached hydrogens (tertiary/aromatic N) is 2. The Hall–Kier alpha value is -2.95. The molecule has 0 aliphatic carbocycles. The first-order valence-electron chi connectivity index (χ1n) is 6.36. The smallest absolute Gasteiger partial charge is 0.274 e. The fourth-order valence-electron chi connectivity index (χ4n) is 2.28. The Morgan fingerprint density at radius 3 is 2.29 bits per heavy atom. The topological polar surface area (TPSA) is 75.0 Å². The summed E-state index contributed by atoms with van der Waals surface area (Å²) in [5, 5.41) is 16.4. The molecular weight excluding hydrogens is 268 g/mol. The molecule has 2 aromatic carbocycles. The molecule has 21 heavy (non-hydrogen) atoms. The number of benzene rings is 2. The van der Waals surface area contributed by atoms with Crippen LogP contribution in [-0.4, -0.2) is 15.7 Å². The number of carbonyl (C=O) groups excluding carboxylic acids is 1. The molecule has 0 aliphatic heterocycles. The molecule has 0 fully saturated rings. The van der Waals surface area contributed by atoms with Crippen LogP contribution in [0.3, 0.4) is 0 Å². The number of carbonyl (C=O) groups is 1. The molecule has 104 valence electrons. The zero-order valence-corrected chi connectivity index (χ0v) is 11.2. The molecule has 1 aromatic heterocycles. The summed E-state index contributed by atoms with van der Waals surface area (Å²) < 4.78 is 1.28. The summed E-state index contributed by atoms with van der Waals surface area (Å²) >= 11 is 0. The first-order chi connectivity index (χ1) is 10.1. The maximum Gasteiger partial charge on any atom is 0.274 e. The average molecular weight is 279 g/mol. The number of aromatic nitrogens is 2. The van der Waals surface area contributed by atoms with Gasteiger partial charge in [-0.05, 0) is 11.6 Å². The van der Waals surface area contributed by atoms with Crippen LogP contribution < -0.4 is 10.7 Å². The second kappa shape index (κ2) is 4.86. The van der Waals surface area contributed by atoms with Gasteiger partial charge in [-0.3, -0.25) is 4.79 Å². The fourth-order valence-corrected chi connectivity index (χ4v) is 2.28. The van der Waals surface area contributed by atoms with Crippen molar-refractivity contribution < 1.29 is 9.90 Å². The van der Waals surface area contributed by atoms with E-state index in [0.29, 0.717) is 11.1 Å². The van der Waals surface area contributed by atoms with Crippen LogP contribution in [0, 0.1) is 0 Å². The van der Waals surface area contributed by atoms with E-state index in [4.69, 9.17) is 0 Å². The Labute approximate surface area is 120 Å². The maximum atomic E-state index is 12.1. The zero-order chi connectivity index (χ0) is 15.0. The lowest BCUT2D eigenvalue weighted by Crippen LogP contribution is -2.22. The van der Waals surface area contributed by atoms with Crippen LogP contribution in [-0.2, 0) is 7.05 Å². The van der Waals surface area contributed by atoms with Crippen molar-refractivity contribution in [3.63, 3.8) is 0 Å². The van der Waals surface area contributed by atoms with Gasteiger partial charge in [-0.2, -0.15) is 5.10 Å². The third-order valence-corrected chi connectivity index (χ3v) is 3.35. The second-order valence-corrected chi connectivity index (χ2v) is 4.69. The average Bonchev–Trinajstić information content (AvgIpc) is 2.51. The molecule has 0 saturated heterocycles. The van der Waals surface area contributed by atoms with Crippen molar-refractivity contribution in [3.8, 4) is 11.3 Å². The summed E-state index contributed by atoms with van der Waals surface area (Å²) in [5.74, 6) is -1.22. The fraction of sp³-hybridized carbons (Fsp3) is 0.0625. The van der Waals surface area contributed by atoms with Crippen LogP contribution in [0.4, 0.5) is 0 Å². The van der Waals surface area contributed by atoms with Crippen molar-refractivity contribution in [1.82, 2.24) is 9.78 Å². The summed E-state index contributed by atoms with van der Waals surface area (Å²) in [7, 11) is 1.59. The Kier molecular flexibility index (Phi) is 3.02. The summed E-state index contributed by atoms with van der Waals surface area (Å²) in [6.07, 6.45) is 0. The van der Waals surface area contributed by atoms with Crippen molar-refractivity contribution in [1.29, 1.82) is 0 Å². The first kappa shape index (κ1) is 13.1. The Morgan fingerprint density at radius 1 is 1.05 bits per heavy atom. The van der Waals surface area contributed by atoms with E-state index in [2.05, 4.69) is 5.10 Å². The van der Waals surface area contributed by atoms with Crippen LogP contribution in [0.1, 0.15) is 10.4 Å². The largest absolute Gasteiger partial charge is 0.545 e. The molecule has 3 rings (SSSR count). The lowest BCUT2D eigenvalue weighted by Gasteiger charge is -2.09. The molecule has 0 unspecified atom stereocenters. The van der Waals surface area contributed by atoms with Crippen molar-refractivity contribution in [3.05, 3.63) is 64.4 Å². The molecule has 5 nitrogen and oxygen atoms in total. The molecule has 0 amide bonds. The van der Waals surface area contributed by atoms with Gasteiger partial charge in [0.1, 0.15) is 0 Å². The van der Waals surface area contributed by atoms with Gasteiger partial charge in [0, 0.05) is 18.0 Å². The van der Waals surface area contributed by atoms with Gasteiger partial charge >= 0.3 is 0 Å². The molecule has 1 heterocycles. The molecule has 0 N–H and O–H groups in total. The number of aromatic carboxylic acids is 1. The number of rotatable bonds is 2. The second-order valence-electron chi connectivity index (χ2n) is 4.69. The SMILES string of the molecule is Cn1nc(-c2ccc(C(=O)[O-])cc2)c2ccccc2c1=O. The van der Waals surface area contributed by atoms with E-state index in [-0.39, 0.29) is 11.1 Å². The molecular formula is C16H11N2O3-. The lowest BCUT2D eigenvalue weighted by molar-refractivity contribution is -0.255. The van der Waals surface area contributed by atoms with Crippen molar-refractivity contribution >= 4 is 16.7 Å². The molecule has 0 radical (unpaired) electrons. The van der Waals surface area contributed by atoms with E-state index >= 15 is 0 Å². The van der Waals surface area contributed by atoms with E-state index in [0.717, 1.165) is 10.9 Å². The van der Waals surface area contributed by atoms with Crippen molar-refractivity contribution in [2.75, 3.05) is 0 Å². The Balaban J connectivity index is 2.27. The van der Waals surface area contributed by atoms with E-state index in [9.17, 15) is 14.7 Å². The van der Waals surface area contributed by atoms with Crippen LogP contribution in [0.15, 0.2) is 53.3 Å². The number of carboxylic acid groups (broad SMARTS) is 1. The van der Waals surface area contributed by atoms with Gasteiger partial charge in [0.2, 0.25) is 0 Å². The number of hydrogen-bond donors (Lipinski definition) is 0. The molecule has 0 spiro atoms. The monoisotopic (exact) mass is 279 g/mol. The minimum atomic E-state index is -1.22. The van der Waals surface area contributed by atoms with E-state index in [1.54, 1.807) is 31.3 Å². The molecule has 5 heteroatoms. The minimum Gasteiger partial charge on any atom is -0.545 e. The standard InChI is InChI=1S/C16H12N2O3/c1-18-15(19)13-5-3-2-4-12(13)14(17-18)10-6-8-11(9-7-10)16(20)21/h2-9H,1H3,(H,20,21)/p-1. The van der Waals surface area contributed by atoms with Crippen molar-refractivity contribution in [2.45, 2.75) is 0 Å². The third-order valence-electron chi connectivity index (χ3n) is 3.35. The van der Waals surface area contributed by atoms with Crippen LogP contribution in [0.25, 0.3) is 22.0 Å². The summed E-state index contributed by atoms with van der Waals surface area (Å²) in [6, 6.07) is 13.5. The van der Waals surface area contributed by atoms with E-state index in [1.165, 1.54) is 16.8 Å². The van der Waals surface area contributed by atoms with Crippen LogP contribution in [0.5, 0.6) is 0 Å². The predicted octanol–water partition coefficient (Wildman–Crippen LogP) is 0.964. The van der Waals surface area contributed by atoms with Gasteiger partial charge in [0.05, 0.1) is 17.0 Å². The number of fused-ring (bicyclic) bond motifs is 1. The zero-order valence-electron chi connectivity index (χ0n) is 11.2. The Morgan fingerprint density at radius 2 is 1.67 bits per heavy atom. The van der Waals surface area contributed by atoms with Gasteiger partial charge in [-0.1, -0.05) is 42.5 Å². The van der Waals surface area contributed by atoms with E-state index < -0.39 is 5.97 Å². The summed E-state index contributed by atoms with van der Waals surface area (Å²) in [5.41, 5.74) is 1.32. The van der Waals surface area contributed by atoms with Gasteiger partial charge in [0.15, 0.2) is 0 Å². The maximum absolute atomic E-state index is 12.1. The summed E-state index contributed by atoms with van der Waals surface area (Å²) in [4.78, 5) is 22.9. The molecule has 0 aliphatic rings. The van der Waals surface area contributed by atoms with Gasteiger partial charge in [0.25, 0.3) is 5.56 Å².